The van der Waals surface area contributed by atoms with E-state index < -0.39 is 28.5 Å². The molecule has 0 aromatic heterocycles. The lowest BCUT2D eigenvalue weighted by Crippen LogP contribution is -2.53. The number of carbonyl (C=O) groups excluding carboxylic acids is 2. The molecule has 3 aromatic carbocycles. The molecule has 1 N–H and O–H groups in total. The zero-order chi connectivity index (χ0) is 29.3. The molecular weight excluding hydrogens is 526 g/mol. The highest BCUT2D eigenvalue weighted by Crippen LogP contribution is 2.25. The van der Waals surface area contributed by atoms with Crippen molar-refractivity contribution in [3.05, 3.63) is 95.1 Å². The van der Waals surface area contributed by atoms with Crippen molar-refractivity contribution >= 4 is 27.5 Å². The zero-order valence-electron chi connectivity index (χ0n) is 23.9. The summed E-state index contributed by atoms with van der Waals surface area (Å²) >= 11 is 0. The smallest absolute Gasteiger partial charge is 0.244 e. The van der Waals surface area contributed by atoms with E-state index in [-0.39, 0.29) is 18.9 Å². The number of aryl methyl sites for hydroxylation is 2. The van der Waals surface area contributed by atoms with E-state index in [1.54, 1.807) is 19.2 Å². The Morgan fingerprint density at radius 2 is 1.65 bits per heavy atom. The first-order chi connectivity index (χ1) is 19.0. The minimum Gasteiger partial charge on any atom is -0.497 e. The first kappa shape index (κ1) is 30.7. The van der Waals surface area contributed by atoms with Crippen LogP contribution in [0.25, 0.3) is 0 Å². The van der Waals surface area contributed by atoms with Gasteiger partial charge in [-0.2, -0.15) is 0 Å². The highest BCUT2D eigenvalue weighted by molar-refractivity contribution is 7.92. The van der Waals surface area contributed by atoms with Gasteiger partial charge in [0, 0.05) is 19.5 Å². The number of ether oxygens (including phenoxy) is 1. The van der Waals surface area contributed by atoms with Crippen LogP contribution in [0.1, 0.15) is 35.6 Å². The molecule has 1 atom stereocenters. The van der Waals surface area contributed by atoms with E-state index >= 15 is 0 Å². The third-order valence-electron chi connectivity index (χ3n) is 6.62. The Morgan fingerprint density at radius 1 is 0.950 bits per heavy atom. The highest BCUT2D eigenvalue weighted by Gasteiger charge is 2.33. The predicted octanol–water partition coefficient (Wildman–Crippen LogP) is 4.24. The highest BCUT2D eigenvalue weighted by atomic mass is 32.2. The van der Waals surface area contributed by atoms with Gasteiger partial charge in [0.15, 0.2) is 0 Å². The van der Waals surface area contributed by atoms with E-state index in [9.17, 15) is 18.0 Å². The van der Waals surface area contributed by atoms with Crippen LogP contribution in [0.4, 0.5) is 5.69 Å². The Kier molecular flexibility index (Phi) is 10.7. The molecule has 40 heavy (non-hydrogen) atoms. The quantitative estimate of drug-likeness (QED) is 0.334. The Bertz CT molecular complexity index is 1410. The number of hydrogen-bond acceptors (Lipinski definition) is 5. The SMILES string of the molecule is CCCNC(=O)[C@H](Cc1ccccc1)N(Cc1cccc(OC)c1)C(=O)CN(c1cc(C)ccc1C)S(C)(=O)=O. The van der Waals surface area contributed by atoms with E-state index in [2.05, 4.69) is 5.32 Å². The Balaban J connectivity index is 2.08. The van der Waals surface area contributed by atoms with Crippen molar-refractivity contribution in [2.24, 2.45) is 0 Å². The number of amides is 2. The van der Waals surface area contributed by atoms with Crippen LogP contribution in [0.15, 0.2) is 72.8 Å². The molecular formula is C31H39N3O5S. The molecule has 0 aliphatic rings. The van der Waals surface area contributed by atoms with Crippen molar-refractivity contribution in [2.75, 3.05) is 30.8 Å². The summed E-state index contributed by atoms with van der Waals surface area (Å²) in [6.07, 6.45) is 2.10. The van der Waals surface area contributed by atoms with Crippen molar-refractivity contribution in [3.63, 3.8) is 0 Å². The summed E-state index contributed by atoms with van der Waals surface area (Å²) in [7, 11) is -2.26. The number of methoxy groups -OCH3 is 1. The number of carbonyl (C=O) groups is 2. The van der Waals surface area contributed by atoms with Crippen LogP contribution in [0.3, 0.4) is 0 Å². The molecule has 0 radical (unpaired) electrons. The van der Waals surface area contributed by atoms with Gasteiger partial charge in [-0.3, -0.25) is 13.9 Å². The lowest BCUT2D eigenvalue weighted by atomic mass is 10.0. The number of rotatable bonds is 13. The molecule has 0 saturated heterocycles. The van der Waals surface area contributed by atoms with Gasteiger partial charge in [-0.25, -0.2) is 8.42 Å². The fourth-order valence-electron chi connectivity index (χ4n) is 4.47. The molecule has 0 heterocycles. The van der Waals surface area contributed by atoms with E-state index in [0.29, 0.717) is 18.0 Å². The lowest BCUT2D eigenvalue weighted by molar-refractivity contribution is -0.140. The second kappa shape index (κ2) is 14.0. The molecule has 9 heteroatoms. The van der Waals surface area contributed by atoms with E-state index in [0.717, 1.165) is 39.2 Å². The maximum atomic E-state index is 14.1. The van der Waals surface area contributed by atoms with Crippen LogP contribution in [-0.2, 0) is 32.6 Å². The second-order valence-corrected chi connectivity index (χ2v) is 11.8. The average molecular weight is 566 g/mol. The van der Waals surface area contributed by atoms with Gasteiger partial charge in [-0.15, -0.1) is 0 Å². The molecule has 0 fully saturated rings. The Labute approximate surface area is 238 Å². The van der Waals surface area contributed by atoms with E-state index in [1.165, 1.54) is 4.90 Å². The first-order valence-electron chi connectivity index (χ1n) is 13.3. The number of benzene rings is 3. The van der Waals surface area contributed by atoms with Gasteiger partial charge in [0.2, 0.25) is 21.8 Å². The molecule has 0 saturated carbocycles. The third-order valence-corrected chi connectivity index (χ3v) is 7.75. The largest absolute Gasteiger partial charge is 0.497 e. The molecule has 8 nitrogen and oxygen atoms in total. The number of hydrogen-bond donors (Lipinski definition) is 1. The molecule has 0 bridgehead atoms. The third kappa shape index (κ3) is 8.32. The number of anilines is 1. The topological polar surface area (TPSA) is 96.0 Å². The Hall–Kier alpha value is -3.85. The monoisotopic (exact) mass is 565 g/mol. The van der Waals surface area contributed by atoms with Crippen LogP contribution < -0.4 is 14.4 Å². The molecule has 0 spiro atoms. The summed E-state index contributed by atoms with van der Waals surface area (Å²) in [5, 5.41) is 2.94. The zero-order valence-corrected chi connectivity index (χ0v) is 24.7. The maximum Gasteiger partial charge on any atom is 0.244 e. The van der Waals surface area contributed by atoms with Gasteiger partial charge < -0.3 is 15.0 Å². The van der Waals surface area contributed by atoms with Gasteiger partial charge in [-0.1, -0.05) is 61.5 Å². The fraction of sp³-hybridized carbons (Fsp3) is 0.355. The van der Waals surface area contributed by atoms with Crippen LogP contribution >= 0.6 is 0 Å². The van der Waals surface area contributed by atoms with Crippen molar-refractivity contribution in [1.29, 1.82) is 0 Å². The minimum absolute atomic E-state index is 0.0947. The summed E-state index contributed by atoms with van der Waals surface area (Å²) in [6, 6.07) is 21.4. The van der Waals surface area contributed by atoms with Crippen molar-refractivity contribution in [3.8, 4) is 5.75 Å². The minimum atomic E-state index is -3.82. The summed E-state index contributed by atoms with van der Waals surface area (Å²) in [5.74, 6) is -0.158. The molecule has 214 valence electrons. The lowest BCUT2D eigenvalue weighted by Gasteiger charge is -2.34. The van der Waals surface area contributed by atoms with Crippen LogP contribution in [0.2, 0.25) is 0 Å². The van der Waals surface area contributed by atoms with Crippen molar-refractivity contribution in [1.82, 2.24) is 10.2 Å². The summed E-state index contributed by atoms with van der Waals surface area (Å²) in [4.78, 5) is 29.2. The molecule has 0 aliphatic heterocycles. The van der Waals surface area contributed by atoms with E-state index in [1.807, 2.05) is 81.4 Å². The average Bonchev–Trinajstić information content (AvgIpc) is 2.93. The molecule has 0 unspecified atom stereocenters. The number of nitrogens with zero attached hydrogens (tertiary/aromatic N) is 2. The maximum absolute atomic E-state index is 14.1. The van der Waals surface area contributed by atoms with Gasteiger partial charge in [0.25, 0.3) is 0 Å². The van der Waals surface area contributed by atoms with Gasteiger partial charge >= 0.3 is 0 Å². The van der Waals surface area contributed by atoms with Crippen LogP contribution in [0.5, 0.6) is 5.75 Å². The molecule has 0 aliphatic carbocycles. The van der Waals surface area contributed by atoms with Crippen LogP contribution in [0, 0.1) is 13.8 Å². The predicted molar refractivity (Wildman–Crippen MR) is 159 cm³/mol. The first-order valence-corrected chi connectivity index (χ1v) is 15.2. The number of nitrogens with one attached hydrogen (secondary N) is 1. The van der Waals surface area contributed by atoms with Gasteiger partial charge in [-0.05, 0) is 60.7 Å². The van der Waals surface area contributed by atoms with Gasteiger partial charge in [0.05, 0.1) is 19.1 Å². The summed E-state index contributed by atoms with van der Waals surface area (Å²) < 4.78 is 32.5. The molecule has 3 aromatic rings. The molecule has 3 rings (SSSR count). The van der Waals surface area contributed by atoms with Crippen LogP contribution in [-0.4, -0.2) is 57.6 Å². The summed E-state index contributed by atoms with van der Waals surface area (Å²) in [6.45, 7) is 5.75. The second-order valence-electron chi connectivity index (χ2n) is 9.93. The van der Waals surface area contributed by atoms with Crippen molar-refractivity contribution in [2.45, 2.75) is 46.2 Å². The Morgan fingerprint density at radius 3 is 2.30 bits per heavy atom. The molecule has 2 amide bonds. The standard InChI is InChI=1S/C31H39N3O5S/c1-6-17-32-31(36)29(20-25-11-8-7-9-12-25)33(21-26-13-10-14-27(19-26)39-4)30(35)22-34(40(5,37)38)28-18-23(2)15-16-24(28)3/h7-16,18-19,29H,6,17,20-22H2,1-5H3,(H,32,36)/t29-/m0/s1. The van der Waals surface area contributed by atoms with Gasteiger partial charge in [0.1, 0.15) is 18.3 Å². The normalized spacial score (nSPS) is 11.9. The fourth-order valence-corrected chi connectivity index (χ4v) is 5.37. The van der Waals surface area contributed by atoms with Crippen molar-refractivity contribution < 1.29 is 22.7 Å². The summed E-state index contributed by atoms with van der Waals surface area (Å²) in [5.41, 5.74) is 3.68. The number of sulfonamides is 1. The van der Waals surface area contributed by atoms with E-state index in [4.69, 9.17) is 4.74 Å².